The summed E-state index contributed by atoms with van der Waals surface area (Å²) >= 11 is 0.987. The van der Waals surface area contributed by atoms with Crippen LogP contribution in [-0.4, -0.2) is 50.4 Å². The van der Waals surface area contributed by atoms with Crippen LogP contribution in [0.5, 0.6) is 5.75 Å². The summed E-state index contributed by atoms with van der Waals surface area (Å²) < 4.78 is 5.46. The number of aliphatic carboxylic acids is 1. The molecule has 2 aromatic rings. The number of nitrogens with one attached hydrogen (secondary N) is 1. The molecule has 1 unspecified atom stereocenters. The van der Waals surface area contributed by atoms with Crippen molar-refractivity contribution < 1.29 is 39.2 Å². The number of benzene rings is 2. The fraction of sp³-hybridized carbons (Fsp3) is 0.136. The van der Waals surface area contributed by atoms with Gasteiger partial charge in [0.1, 0.15) is 5.75 Å². The Morgan fingerprint density at radius 3 is 2.33 bits per heavy atom. The van der Waals surface area contributed by atoms with Crippen LogP contribution in [0.15, 0.2) is 52.4 Å². The maximum Gasteiger partial charge on any atom is 0.344 e. The lowest BCUT2D eigenvalue weighted by Gasteiger charge is -2.13. The molecule has 1 saturated heterocycles. The van der Waals surface area contributed by atoms with Gasteiger partial charge in [-0.05, 0) is 60.2 Å². The summed E-state index contributed by atoms with van der Waals surface area (Å²) in [6, 6.07) is 9.98. The molecule has 0 bridgehead atoms. The topological polar surface area (TPSA) is 163 Å². The smallest absolute Gasteiger partial charge is 0.344 e. The van der Waals surface area contributed by atoms with Gasteiger partial charge in [-0.1, -0.05) is 19.1 Å². The second-order valence-corrected chi connectivity index (χ2v) is 7.82. The number of carboxylic acids is 3. The van der Waals surface area contributed by atoms with Gasteiger partial charge in [-0.3, -0.25) is 4.79 Å². The summed E-state index contributed by atoms with van der Waals surface area (Å²) in [7, 11) is 0. The van der Waals surface area contributed by atoms with Crippen LogP contribution >= 0.6 is 11.8 Å². The Labute approximate surface area is 191 Å². The van der Waals surface area contributed by atoms with E-state index in [1.165, 1.54) is 12.1 Å². The predicted molar refractivity (Wildman–Crippen MR) is 120 cm³/mol. The normalized spacial score (nSPS) is 16.5. The maximum absolute atomic E-state index is 12.3. The molecule has 11 heteroatoms. The lowest BCUT2D eigenvalue weighted by atomic mass is 10.1. The molecule has 1 heterocycles. The van der Waals surface area contributed by atoms with Gasteiger partial charge in [0.25, 0.3) is 5.91 Å². The Morgan fingerprint density at radius 2 is 1.76 bits per heavy atom. The van der Waals surface area contributed by atoms with Gasteiger partial charge >= 0.3 is 17.9 Å². The highest BCUT2D eigenvalue weighted by Gasteiger charge is 2.24. The predicted octanol–water partition coefficient (Wildman–Crippen LogP) is 3.22. The van der Waals surface area contributed by atoms with Crippen molar-refractivity contribution >= 4 is 52.5 Å². The first-order valence-electron chi connectivity index (χ1n) is 9.57. The number of nitrogens with zero attached hydrogens (tertiary/aromatic N) is 1. The molecule has 10 nitrogen and oxygen atoms in total. The monoisotopic (exact) mass is 470 g/mol. The van der Waals surface area contributed by atoms with Crippen molar-refractivity contribution in [2.45, 2.75) is 19.4 Å². The molecule has 1 aliphatic heterocycles. The van der Waals surface area contributed by atoms with Gasteiger partial charge in [0.05, 0.1) is 21.7 Å². The Bertz CT molecular complexity index is 1170. The molecule has 1 aliphatic rings. The molecule has 1 fully saturated rings. The van der Waals surface area contributed by atoms with E-state index in [1.807, 2.05) is 0 Å². The van der Waals surface area contributed by atoms with Crippen molar-refractivity contribution in [2.75, 3.05) is 0 Å². The van der Waals surface area contributed by atoms with Crippen LogP contribution in [0.1, 0.15) is 39.6 Å². The first-order valence-corrected chi connectivity index (χ1v) is 10.4. The van der Waals surface area contributed by atoms with E-state index in [1.54, 1.807) is 37.3 Å². The second kappa shape index (κ2) is 10.0. The average molecular weight is 470 g/mol. The maximum atomic E-state index is 12.3. The summed E-state index contributed by atoms with van der Waals surface area (Å²) in [5, 5.41) is 30.2. The van der Waals surface area contributed by atoms with Gasteiger partial charge in [0, 0.05) is 0 Å². The number of amides is 1. The van der Waals surface area contributed by atoms with E-state index in [4.69, 9.17) is 9.84 Å². The molecule has 4 N–H and O–H groups in total. The number of rotatable bonds is 8. The van der Waals surface area contributed by atoms with Crippen molar-refractivity contribution in [2.24, 2.45) is 4.99 Å². The SMILES string of the molecule is CCC(Oc1cccc(/C=C2\SC(=Nc3cc(C(=O)O)cc(C(=O)O)c3)NC2=O)c1)C(=O)O. The van der Waals surface area contributed by atoms with E-state index in [9.17, 15) is 29.4 Å². The number of amidine groups is 1. The van der Waals surface area contributed by atoms with Crippen LogP contribution in [0.3, 0.4) is 0 Å². The highest BCUT2D eigenvalue weighted by molar-refractivity contribution is 8.18. The van der Waals surface area contributed by atoms with Crippen LogP contribution in [0.4, 0.5) is 5.69 Å². The van der Waals surface area contributed by atoms with Crippen LogP contribution in [0, 0.1) is 0 Å². The molecule has 33 heavy (non-hydrogen) atoms. The number of carbonyl (C=O) groups excluding carboxylic acids is 1. The molecule has 0 radical (unpaired) electrons. The summed E-state index contributed by atoms with van der Waals surface area (Å²) in [6.45, 7) is 1.69. The van der Waals surface area contributed by atoms with Crippen molar-refractivity contribution in [3.8, 4) is 5.75 Å². The molecular weight excluding hydrogens is 452 g/mol. The van der Waals surface area contributed by atoms with E-state index < -0.39 is 29.9 Å². The van der Waals surface area contributed by atoms with Crippen LogP contribution in [-0.2, 0) is 9.59 Å². The third-order valence-electron chi connectivity index (χ3n) is 4.37. The van der Waals surface area contributed by atoms with Crippen molar-refractivity contribution in [3.63, 3.8) is 0 Å². The number of hydrogen-bond donors (Lipinski definition) is 4. The average Bonchev–Trinajstić information content (AvgIpc) is 3.10. The van der Waals surface area contributed by atoms with E-state index >= 15 is 0 Å². The first-order chi connectivity index (χ1) is 15.7. The van der Waals surface area contributed by atoms with E-state index in [-0.39, 0.29) is 33.3 Å². The zero-order valence-corrected chi connectivity index (χ0v) is 18.0. The third-order valence-corrected chi connectivity index (χ3v) is 5.28. The largest absolute Gasteiger partial charge is 0.479 e. The Kier molecular flexibility index (Phi) is 7.13. The summed E-state index contributed by atoms with van der Waals surface area (Å²) in [4.78, 5) is 50.5. The molecule has 1 amide bonds. The minimum Gasteiger partial charge on any atom is -0.479 e. The number of ether oxygens (including phenoxy) is 1. The fourth-order valence-electron chi connectivity index (χ4n) is 2.82. The summed E-state index contributed by atoms with van der Waals surface area (Å²) in [5.41, 5.74) is 0.157. The van der Waals surface area contributed by atoms with Gasteiger partial charge in [-0.15, -0.1) is 0 Å². The third kappa shape index (κ3) is 5.98. The van der Waals surface area contributed by atoms with Crippen LogP contribution < -0.4 is 10.1 Å². The quantitative estimate of drug-likeness (QED) is 0.424. The molecule has 170 valence electrons. The minimum absolute atomic E-state index is 0.0611. The zero-order chi connectivity index (χ0) is 24.1. The van der Waals surface area contributed by atoms with Gasteiger partial charge in [-0.2, -0.15) is 0 Å². The van der Waals surface area contributed by atoms with Crippen molar-refractivity contribution in [1.29, 1.82) is 0 Å². The molecule has 0 aliphatic carbocycles. The Hall–Kier alpha value is -4.12. The van der Waals surface area contributed by atoms with E-state index in [2.05, 4.69) is 10.3 Å². The van der Waals surface area contributed by atoms with Gasteiger partial charge in [0.15, 0.2) is 11.3 Å². The first kappa shape index (κ1) is 23.5. The number of hydrogen-bond acceptors (Lipinski definition) is 7. The standard InChI is InChI=1S/C22H18N2O8S/c1-2-16(21(30)31)32-15-5-3-4-11(6-15)7-17-18(25)24-22(33-17)23-14-9-12(19(26)27)8-13(10-14)20(28)29/h3-10,16H,2H2,1H3,(H,26,27)(H,28,29)(H,30,31)(H,23,24,25)/b17-7-. The van der Waals surface area contributed by atoms with Crippen LogP contribution in [0.25, 0.3) is 6.08 Å². The van der Waals surface area contributed by atoms with Crippen LogP contribution in [0.2, 0.25) is 0 Å². The minimum atomic E-state index is -1.31. The summed E-state index contributed by atoms with van der Waals surface area (Å²) in [6.07, 6.45) is 0.854. The Morgan fingerprint density at radius 1 is 1.09 bits per heavy atom. The molecule has 0 spiro atoms. The highest BCUT2D eigenvalue weighted by atomic mass is 32.2. The molecular formula is C22H18N2O8S. The number of aliphatic imine (C=N–C) groups is 1. The second-order valence-electron chi connectivity index (χ2n) is 6.79. The molecule has 1 atom stereocenters. The van der Waals surface area contributed by atoms with Crippen molar-refractivity contribution in [3.05, 3.63) is 64.1 Å². The molecule has 0 aromatic heterocycles. The molecule has 2 aromatic carbocycles. The van der Waals surface area contributed by atoms with E-state index in [0.717, 1.165) is 17.8 Å². The van der Waals surface area contributed by atoms with Gasteiger partial charge < -0.3 is 25.4 Å². The van der Waals surface area contributed by atoms with Gasteiger partial charge in [0.2, 0.25) is 0 Å². The molecule has 0 saturated carbocycles. The Balaban J connectivity index is 1.84. The molecule has 3 rings (SSSR count). The van der Waals surface area contributed by atoms with Gasteiger partial charge in [-0.25, -0.2) is 19.4 Å². The zero-order valence-electron chi connectivity index (χ0n) is 17.1. The fourth-order valence-corrected chi connectivity index (χ4v) is 3.66. The number of carbonyl (C=O) groups is 4. The number of thioether (sulfide) groups is 1. The lowest BCUT2D eigenvalue weighted by Crippen LogP contribution is -2.25. The number of carboxylic acid groups (broad SMARTS) is 3. The summed E-state index contributed by atoms with van der Waals surface area (Å²) in [5.74, 6) is -3.81. The highest BCUT2D eigenvalue weighted by Crippen LogP contribution is 2.29. The number of aromatic carboxylic acids is 2. The van der Waals surface area contributed by atoms with E-state index in [0.29, 0.717) is 11.3 Å². The van der Waals surface area contributed by atoms with Crippen molar-refractivity contribution in [1.82, 2.24) is 5.32 Å². The lowest BCUT2D eigenvalue weighted by molar-refractivity contribution is -0.145.